The highest BCUT2D eigenvalue weighted by Gasteiger charge is 2.21. The summed E-state index contributed by atoms with van der Waals surface area (Å²) in [5.74, 6) is 0.668. The Morgan fingerprint density at radius 3 is 2.88 bits per heavy atom. The number of rotatable bonds is 7. The van der Waals surface area contributed by atoms with Crippen LogP contribution < -0.4 is 10.1 Å². The molecule has 0 fully saturated rings. The van der Waals surface area contributed by atoms with Gasteiger partial charge in [-0.2, -0.15) is 0 Å². The minimum atomic E-state index is -0.0698. The average Bonchev–Trinajstić information content (AvgIpc) is 3.12. The second-order valence-corrected chi connectivity index (χ2v) is 7.53. The highest BCUT2D eigenvalue weighted by atomic mass is 32.1. The molecular weight excluding hydrogens is 332 g/mol. The third-order valence-corrected chi connectivity index (χ3v) is 5.78. The van der Waals surface area contributed by atoms with E-state index in [1.807, 2.05) is 35.6 Å². The Bertz CT molecular complexity index is 696. The van der Waals surface area contributed by atoms with Crippen LogP contribution in [0.3, 0.4) is 0 Å². The second kappa shape index (κ2) is 8.50. The van der Waals surface area contributed by atoms with Crippen LogP contribution in [0.1, 0.15) is 29.9 Å². The molecule has 2 heterocycles. The van der Waals surface area contributed by atoms with Crippen molar-refractivity contribution in [3.63, 3.8) is 0 Å². The molecule has 0 spiro atoms. The van der Waals surface area contributed by atoms with E-state index in [0.717, 1.165) is 31.7 Å². The van der Waals surface area contributed by atoms with Crippen LogP contribution in [0.4, 0.5) is 0 Å². The largest absolute Gasteiger partial charge is 0.484 e. The zero-order valence-electron chi connectivity index (χ0n) is 15.0. The van der Waals surface area contributed by atoms with Gasteiger partial charge in [-0.1, -0.05) is 19.1 Å². The summed E-state index contributed by atoms with van der Waals surface area (Å²) in [6.07, 6.45) is 2.12. The number of benzene rings is 1. The van der Waals surface area contributed by atoms with Gasteiger partial charge in [0.05, 0.1) is 0 Å². The van der Waals surface area contributed by atoms with E-state index in [-0.39, 0.29) is 12.5 Å². The van der Waals surface area contributed by atoms with Crippen molar-refractivity contribution in [3.8, 4) is 5.75 Å². The Hall–Kier alpha value is -1.85. The zero-order valence-corrected chi connectivity index (χ0v) is 15.8. The average molecular weight is 359 g/mol. The van der Waals surface area contributed by atoms with Crippen LogP contribution >= 0.6 is 11.3 Å². The van der Waals surface area contributed by atoms with Gasteiger partial charge >= 0.3 is 0 Å². The van der Waals surface area contributed by atoms with Crippen molar-refractivity contribution in [2.75, 3.05) is 19.7 Å². The molecule has 0 saturated carbocycles. The summed E-state index contributed by atoms with van der Waals surface area (Å²) in [7, 11) is 0. The molecule has 1 atom stereocenters. The molecular formula is C20H26N2O2S. The highest BCUT2D eigenvalue weighted by molar-refractivity contribution is 7.10. The van der Waals surface area contributed by atoms with E-state index in [0.29, 0.717) is 12.6 Å². The molecule has 0 radical (unpaired) electrons. The van der Waals surface area contributed by atoms with Crippen LogP contribution in [0.5, 0.6) is 5.75 Å². The lowest BCUT2D eigenvalue weighted by Crippen LogP contribution is -2.45. The molecule has 0 saturated heterocycles. The summed E-state index contributed by atoms with van der Waals surface area (Å²) in [6.45, 7) is 7.04. The molecule has 1 aliphatic heterocycles. The van der Waals surface area contributed by atoms with Gasteiger partial charge in [-0.3, -0.25) is 9.69 Å². The first kappa shape index (κ1) is 18.0. The van der Waals surface area contributed by atoms with Crippen molar-refractivity contribution < 1.29 is 9.53 Å². The highest BCUT2D eigenvalue weighted by Crippen LogP contribution is 2.24. The second-order valence-electron chi connectivity index (χ2n) is 6.53. The van der Waals surface area contributed by atoms with Crippen molar-refractivity contribution >= 4 is 17.2 Å². The number of nitrogens with zero attached hydrogens (tertiary/aromatic N) is 1. The molecule has 1 aliphatic rings. The van der Waals surface area contributed by atoms with Crippen LogP contribution in [-0.4, -0.2) is 36.5 Å². The number of aryl methyl sites for hydroxylation is 1. The minimum absolute atomic E-state index is 0.0624. The minimum Gasteiger partial charge on any atom is -0.484 e. The maximum atomic E-state index is 12.0. The van der Waals surface area contributed by atoms with E-state index in [2.05, 4.69) is 35.5 Å². The van der Waals surface area contributed by atoms with Gasteiger partial charge in [0, 0.05) is 30.6 Å². The molecule has 1 aromatic carbocycles. The number of hydrogen-bond acceptors (Lipinski definition) is 4. The predicted molar refractivity (Wildman–Crippen MR) is 102 cm³/mol. The number of fused-ring (bicyclic) bond motifs is 1. The van der Waals surface area contributed by atoms with E-state index >= 15 is 0 Å². The smallest absolute Gasteiger partial charge is 0.257 e. The summed E-state index contributed by atoms with van der Waals surface area (Å²) >= 11 is 1.85. The summed E-state index contributed by atoms with van der Waals surface area (Å²) in [4.78, 5) is 16.0. The lowest BCUT2D eigenvalue weighted by molar-refractivity contribution is -0.123. The lowest BCUT2D eigenvalue weighted by atomic mass is 10.1. The van der Waals surface area contributed by atoms with Gasteiger partial charge in [0.2, 0.25) is 0 Å². The lowest BCUT2D eigenvalue weighted by Gasteiger charge is -2.32. The van der Waals surface area contributed by atoms with Crippen molar-refractivity contribution in [2.45, 2.75) is 39.3 Å². The van der Waals surface area contributed by atoms with Gasteiger partial charge in [0.1, 0.15) is 5.75 Å². The van der Waals surface area contributed by atoms with E-state index in [9.17, 15) is 4.79 Å². The van der Waals surface area contributed by atoms with E-state index in [1.165, 1.54) is 16.0 Å². The Balaban J connectivity index is 1.39. The summed E-state index contributed by atoms with van der Waals surface area (Å²) in [6, 6.07) is 10.4. The topological polar surface area (TPSA) is 41.6 Å². The molecule has 4 nitrogen and oxygen atoms in total. The fraction of sp³-hybridized carbons (Fsp3) is 0.450. The fourth-order valence-corrected chi connectivity index (χ4v) is 3.95. The molecule has 1 unspecified atom stereocenters. The van der Waals surface area contributed by atoms with Crippen LogP contribution in [0.2, 0.25) is 0 Å². The number of nitrogens with one attached hydrogen (secondary N) is 1. The third kappa shape index (κ3) is 4.83. The van der Waals surface area contributed by atoms with E-state index in [4.69, 9.17) is 4.74 Å². The Labute approximate surface area is 153 Å². The standard InChI is InChI=1S/C20H26N2O2S/c1-3-16-4-6-18(7-5-16)24-14-20(23)21-12-15(2)22-10-8-19-17(13-22)9-11-25-19/h4-7,9,11,15H,3,8,10,12-14H2,1-2H3,(H,21,23). The molecule has 5 heteroatoms. The van der Waals surface area contributed by atoms with Crippen LogP contribution in [0.15, 0.2) is 35.7 Å². The van der Waals surface area contributed by atoms with Gasteiger partial charge in [-0.25, -0.2) is 0 Å². The first-order valence-electron chi connectivity index (χ1n) is 8.93. The Kier molecular flexibility index (Phi) is 6.10. The van der Waals surface area contributed by atoms with Gasteiger partial charge in [0.25, 0.3) is 5.91 Å². The summed E-state index contributed by atoms with van der Waals surface area (Å²) < 4.78 is 5.56. The molecule has 3 rings (SSSR count). The third-order valence-electron chi connectivity index (χ3n) is 4.76. The van der Waals surface area contributed by atoms with Gasteiger partial charge in [0.15, 0.2) is 6.61 Å². The SMILES string of the molecule is CCc1ccc(OCC(=O)NCC(C)N2CCc3sccc3C2)cc1. The number of carbonyl (C=O) groups is 1. The Morgan fingerprint density at radius 1 is 1.32 bits per heavy atom. The summed E-state index contributed by atoms with van der Waals surface area (Å²) in [5, 5.41) is 5.16. The molecule has 134 valence electrons. The molecule has 0 bridgehead atoms. The van der Waals surface area contributed by atoms with Crippen LogP contribution in [0.25, 0.3) is 0 Å². The normalized spacial score (nSPS) is 15.4. The fourth-order valence-electron chi connectivity index (χ4n) is 3.06. The first-order chi connectivity index (χ1) is 12.2. The number of ether oxygens (including phenoxy) is 1. The molecule has 1 amide bonds. The predicted octanol–water partition coefficient (Wildman–Crippen LogP) is 3.25. The molecule has 0 aliphatic carbocycles. The Morgan fingerprint density at radius 2 is 2.12 bits per heavy atom. The van der Waals surface area contributed by atoms with Crippen LogP contribution in [0, 0.1) is 0 Å². The van der Waals surface area contributed by atoms with Crippen molar-refractivity contribution in [3.05, 3.63) is 51.7 Å². The number of hydrogen-bond donors (Lipinski definition) is 1. The van der Waals surface area contributed by atoms with E-state index < -0.39 is 0 Å². The molecule has 1 aromatic heterocycles. The van der Waals surface area contributed by atoms with Gasteiger partial charge in [-0.15, -0.1) is 11.3 Å². The van der Waals surface area contributed by atoms with Crippen molar-refractivity contribution in [1.82, 2.24) is 10.2 Å². The van der Waals surface area contributed by atoms with Crippen LogP contribution in [-0.2, 0) is 24.2 Å². The maximum absolute atomic E-state index is 12.0. The van der Waals surface area contributed by atoms with Gasteiger partial charge in [-0.05, 0) is 54.5 Å². The molecule has 2 aromatic rings. The van der Waals surface area contributed by atoms with Crippen molar-refractivity contribution in [1.29, 1.82) is 0 Å². The van der Waals surface area contributed by atoms with Crippen molar-refractivity contribution in [2.24, 2.45) is 0 Å². The quantitative estimate of drug-likeness (QED) is 0.826. The number of thiophene rings is 1. The molecule has 1 N–H and O–H groups in total. The van der Waals surface area contributed by atoms with E-state index in [1.54, 1.807) is 0 Å². The summed E-state index contributed by atoms with van der Waals surface area (Å²) in [5.41, 5.74) is 2.70. The maximum Gasteiger partial charge on any atom is 0.257 e. The number of amides is 1. The molecule has 25 heavy (non-hydrogen) atoms. The van der Waals surface area contributed by atoms with Gasteiger partial charge < -0.3 is 10.1 Å². The zero-order chi connectivity index (χ0) is 17.6. The number of carbonyl (C=O) groups excluding carboxylic acids is 1. The monoisotopic (exact) mass is 358 g/mol. The first-order valence-corrected chi connectivity index (χ1v) is 9.81.